The van der Waals surface area contributed by atoms with Crippen molar-refractivity contribution in [1.82, 2.24) is 4.98 Å². The van der Waals surface area contributed by atoms with Gasteiger partial charge in [0, 0.05) is 6.20 Å². The van der Waals surface area contributed by atoms with E-state index in [1.54, 1.807) is 0 Å². The van der Waals surface area contributed by atoms with E-state index >= 15 is 0 Å². The van der Waals surface area contributed by atoms with Crippen LogP contribution in [-0.2, 0) is 10.4 Å². The molecule has 0 aliphatic rings. The van der Waals surface area contributed by atoms with E-state index < -0.39 is 23.9 Å². The summed E-state index contributed by atoms with van der Waals surface area (Å²) in [7, 11) is 0. The molecule has 0 aliphatic heterocycles. The predicted molar refractivity (Wildman–Crippen MR) is 51.0 cm³/mol. The van der Waals surface area contributed by atoms with Crippen LogP contribution in [0.5, 0.6) is 0 Å². The molecule has 0 aliphatic carbocycles. The SMILES string of the molecule is CCC(O)(c1ccccn1)C(F)(F)C(=O)O. The van der Waals surface area contributed by atoms with E-state index in [2.05, 4.69) is 4.98 Å². The van der Waals surface area contributed by atoms with Crippen molar-refractivity contribution in [2.75, 3.05) is 0 Å². The normalized spacial score (nSPS) is 15.5. The molecule has 0 saturated heterocycles. The first-order valence-corrected chi connectivity index (χ1v) is 4.61. The first-order chi connectivity index (χ1) is 7.36. The summed E-state index contributed by atoms with van der Waals surface area (Å²) in [6, 6.07) is 4.06. The molecule has 0 radical (unpaired) electrons. The van der Waals surface area contributed by atoms with E-state index in [0.717, 1.165) is 0 Å². The number of hydrogen-bond donors (Lipinski definition) is 2. The van der Waals surface area contributed by atoms with Gasteiger partial charge >= 0.3 is 11.9 Å². The second kappa shape index (κ2) is 4.13. The molecule has 1 unspecified atom stereocenters. The summed E-state index contributed by atoms with van der Waals surface area (Å²) in [5.41, 5.74) is -3.15. The maximum Gasteiger partial charge on any atom is 0.378 e. The van der Waals surface area contributed by atoms with Gasteiger partial charge in [0.25, 0.3) is 0 Å². The number of aliphatic hydroxyl groups is 1. The zero-order valence-corrected chi connectivity index (χ0v) is 8.52. The van der Waals surface area contributed by atoms with Crippen LogP contribution >= 0.6 is 0 Å². The van der Waals surface area contributed by atoms with Gasteiger partial charge in [-0.05, 0) is 18.6 Å². The lowest BCUT2D eigenvalue weighted by Crippen LogP contribution is -2.51. The summed E-state index contributed by atoms with van der Waals surface area (Å²) in [6.07, 6.45) is 0.761. The number of nitrogens with zero attached hydrogens (tertiary/aromatic N) is 1. The van der Waals surface area contributed by atoms with Crippen molar-refractivity contribution in [2.24, 2.45) is 0 Å². The zero-order chi connectivity index (χ0) is 12.4. The van der Waals surface area contributed by atoms with Crippen LogP contribution in [0.3, 0.4) is 0 Å². The summed E-state index contributed by atoms with van der Waals surface area (Å²) in [4.78, 5) is 14.0. The van der Waals surface area contributed by atoms with Gasteiger partial charge in [0.15, 0.2) is 5.60 Å². The van der Waals surface area contributed by atoms with Gasteiger partial charge in [0.2, 0.25) is 0 Å². The lowest BCUT2D eigenvalue weighted by Gasteiger charge is -2.31. The standard InChI is InChI=1S/C10H11F2NO3/c1-2-9(16,10(11,12)8(14)15)7-5-3-4-6-13-7/h3-6,16H,2H2,1H3,(H,14,15). The maximum absolute atomic E-state index is 13.4. The topological polar surface area (TPSA) is 70.4 Å². The van der Waals surface area contributed by atoms with E-state index in [0.29, 0.717) is 0 Å². The molecule has 6 heteroatoms. The third kappa shape index (κ3) is 1.76. The van der Waals surface area contributed by atoms with Crippen LogP contribution < -0.4 is 0 Å². The van der Waals surface area contributed by atoms with Gasteiger partial charge in [-0.25, -0.2) is 4.79 Å². The summed E-state index contributed by atoms with van der Waals surface area (Å²) >= 11 is 0. The number of carbonyl (C=O) groups is 1. The summed E-state index contributed by atoms with van der Waals surface area (Å²) in [5, 5.41) is 18.2. The first kappa shape index (κ1) is 12.5. The minimum absolute atomic E-state index is 0.357. The molecule has 1 rings (SSSR count). The van der Waals surface area contributed by atoms with E-state index in [4.69, 9.17) is 5.11 Å². The summed E-state index contributed by atoms with van der Waals surface area (Å²) in [5.74, 6) is -6.65. The van der Waals surface area contributed by atoms with Crippen LogP contribution in [0.1, 0.15) is 19.0 Å². The van der Waals surface area contributed by atoms with Crippen molar-refractivity contribution in [2.45, 2.75) is 24.9 Å². The minimum Gasteiger partial charge on any atom is -0.477 e. The first-order valence-electron chi connectivity index (χ1n) is 4.61. The number of aromatic nitrogens is 1. The quantitative estimate of drug-likeness (QED) is 0.821. The molecule has 0 amide bonds. The highest BCUT2D eigenvalue weighted by Crippen LogP contribution is 2.39. The molecule has 1 aromatic rings. The molecule has 0 saturated carbocycles. The third-order valence-electron chi connectivity index (χ3n) is 2.39. The maximum atomic E-state index is 13.4. The van der Waals surface area contributed by atoms with Crippen LogP contribution in [0.4, 0.5) is 8.78 Å². The van der Waals surface area contributed by atoms with E-state index in [-0.39, 0.29) is 5.69 Å². The summed E-state index contributed by atoms with van der Waals surface area (Å²) < 4.78 is 26.8. The average molecular weight is 231 g/mol. The van der Waals surface area contributed by atoms with Crippen molar-refractivity contribution >= 4 is 5.97 Å². The van der Waals surface area contributed by atoms with Gasteiger partial charge in [-0.2, -0.15) is 8.78 Å². The molecule has 1 heterocycles. The fourth-order valence-corrected chi connectivity index (χ4v) is 1.35. The molecular formula is C10H11F2NO3. The Bertz CT molecular complexity index is 383. The monoisotopic (exact) mass is 231 g/mol. The van der Waals surface area contributed by atoms with Gasteiger partial charge in [0.1, 0.15) is 0 Å². The Morgan fingerprint density at radius 1 is 1.50 bits per heavy atom. The second-order valence-electron chi connectivity index (χ2n) is 3.31. The van der Waals surface area contributed by atoms with Gasteiger partial charge < -0.3 is 10.2 Å². The molecule has 0 aromatic carbocycles. The zero-order valence-electron chi connectivity index (χ0n) is 8.52. The Morgan fingerprint density at radius 3 is 2.50 bits per heavy atom. The highest BCUT2D eigenvalue weighted by atomic mass is 19.3. The van der Waals surface area contributed by atoms with Gasteiger partial charge in [-0.3, -0.25) is 4.98 Å². The Kier molecular flexibility index (Phi) is 3.23. The molecule has 0 bridgehead atoms. The van der Waals surface area contributed by atoms with E-state index in [1.165, 1.54) is 31.3 Å². The average Bonchev–Trinajstić information content (AvgIpc) is 2.28. The molecule has 4 nitrogen and oxygen atoms in total. The Hall–Kier alpha value is -1.56. The molecule has 16 heavy (non-hydrogen) atoms. The molecular weight excluding hydrogens is 220 g/mol. The van der Waals surface area contributed by atoms with Crippen LogP contribution in [0, 0.1) is 0 Å². The van der Waals surface area contributed by atoms with Crippen LogP contribution in [0.2, 0.25) is 0 Å². The second-order valence-corrected chi connectivity index (χ2v) is 3.31. The fraction of sp³-hybridized carbons (Fsp3) is 0.400. The van der Waals surface area contributed by atoms with E-state index in [1.807, 2.05) is 0 Å². The number of carboxylic acids is 1. The number of hydrogen-bond acceptors (Lipinski definition) is 3. The minimum atomic E-state index is -4.28. The van der Waals surface area contributed by atoms with Crippen molar-refractivity contribution in [3.05, 3.63) is 30.1 Å². The molecule has 1 aromatic heterocycles. The summed E-state index contributed by atoms with van der Waals surface area (Å²) in [6.45, 7) is 1.27. The van der Waals surface area contributed by atoms with Crippen molar-refractivity contribution in [3.8, 4) is 0 Å². The Morgan fingerprint density at radius 2 is 2.12 bits per heavy atom. The highest BCUT2D eigenvalue weighted by molar-refractivity contribution is 5.77. The number of carboxylic acid groups (broad SMARTS) is 1. The largest absolute Gasteiger partial charge is 0.477 e. The molecule has 2 N–H and O–H groups in total. The number of rotatable bonds is 4. The van der Waals surface area contributed by atoms with Crippen LogP contribution in [0.25, 0.3) is 0 Å². The smallest absolute Gasteiger partial charge is 0.378 e. The van der Waals surface area contributed by atoms with Gasteiger partial charge in [0.05, 0.1) is 5.69 Å². The number of pyridine rings is 1. The predicted octanol–water partition coefficient (Wildman–Crippen LogP) is 1.40. The van der Waals surface area contributed by atoms with Crippen LogP contribution in [0.15, 0.2) is 24.4 Å². The third-order valence-corrected chi connectivity index (χ3v) is 2.39. The fourth-order valence-electron chi connectivity index (χ4n) is 1.35. The van der Waals surface area contributed by atoms with Gasteiger partial charge in [-0.1, -0.05) is 13.0 Å². The number of alkyl halides is 2. The lowest BCUT2D eigenvalue weighted by molar-refractivity contribution is -0.214. The Labute approximate surface area is 90.6 Å². The van der Waals surface area contributed by atoms with Crippen molar-refractivity contribution in [3.63, 3.8) is 0 Å². The number of halogens is 2. The lowest BCUT2D eigenvalue weighted by atomic mass is 9.88. The number of aliphatic carboxylic acids is 1. The van der Waals surface area contributed by atoms with Gasteiger partial charge in [-0.15, -0.1) is 0 Å². The Balaban J connectivity index is 3.28. The molecule has 88 valence electrons. The van der Waals surface area contributed by atoms with E-state index in [9.17, 15) is 18.7 Å². The van der Waals surface area contributed by atoms with Crippen molar-refractivity contribution in [1.29, 1.82) is 0 Å². The van der Waals surface area contributed by atoms with Crippen molar-refractivity contribution < 1.29 is 23.8 Å². The van der Waals surface area contributed by atoms with Crippen LogP contribution in [-0.4, -0.2) is 27.1 Å². The highest BCUT2D eigenvalue weighted by Gasteiger charge is 2.59. The molecule has 0 fully saturated rings. The molecule has 0 spiro atoms. The molecule has 1 atom stereocenters.